The largest absolute Gasteiger partial charge is 0.494 e. The second kappa shape index (κ2) is 12.4. The van der Waals surface area contributed by atoms with E-state index in [0.29, 0.717) is 17.4 Å². The van der Waals surface area contributed by atoms with Gasteiger partial charge < -0.3 is 9.30 Å². The smallest absolute Gasteiger partial charge is 0.264 e. The van der Waals surface area contributed by atoms with E-state index in [1.807, 2.05) is 31.4 Å². The van der Waals surface area contributed by atoms with Crippen molar-refractivity contribution in [2.24, 2.45) is 5.10 Å². The average Bonchev–Trinajstić information content (AvgIpc) is 3.21. The molecule has 0 fully saturated rings. The van der Waals surface area contributed by atoms with Gasteiger partial charge in [0.2, 0.25) is 0 Å². The van der Waals surface area contributed by atoms with Gasteiger partial charge in [0.15, 0.2) is 0 Å². The monoisotopic (exact) mass is 582 g/mol. The molecular formula is C29H28ClFN4O4S. The van der Waals surface area contributed by atoms with Gasteiger partial charge in [0, 0.05) is 27.7 Å². The number of ether oxygens (including phenoxy) is 1. The van der Waals surface area contributed by atoms with E-state index in [2.05, 4.69) is 10.5 Å². The number of benzene rings is 3. The van der Waals surface area contributed by atoms with Crippen molar-refractivity contribution in [3.63, 3.8) is 0 Å². The lowest BCUT2D eigenvalue weighted by molar-refractivity contribution is -0.119. The van der Waals surface area contributed by atoms with E-state index < -0.39 is 22.5 Å². The van der Waals surface area contributed by atoms with Gasteiger partial charge in [-0.05, 0) is 99.6 Å². The quantitative estimate of drug-likeness (QED) is 0.194. The Hall–Kier alpha value is -4.15. The summed E-state index contributed by atoms with van der Waals surface area (Å²) in [7, 11) is -4.12. The van der Waals surface area contributed by atoms with Crippen LogP contribution in [0.1, 0.15) is 23.9 Å². The number of hydrogen-bond donors (Lipinski definition) is 1. The number of nitrogens with one attached hydrogen (secondary N) is 1. The van der Waals surface area contributed by atoms with Crippen molar-refractivity contribution in [1.82, 2.24) is 9.99 Å². The van der Waals surface area contributed by atoms with Crippen molar-refractivity contribution in [3.8, 4) is 11.4 Å². The number of halogens is 2. The summed E-state index contributed by atoms with van der Waals surface area (Å²) in [5.74, 6) is -0.398. The van der Waals surface area contributed by atoms with Crippen LogP contribution in [0.25, 0.3) is 5.69 Å². The molecule has 0 aliphatic heterocycles. The molecule has 0 saturated carbocycles. The van der Waals surface area contributed by atoms with Gasteiger partial charge in [-0.15, -0.1) is 0 Å². The maximum absolute atomic E-state index is 13.5. The van der Waals surface area contributed by atoms with Crippen LogP contribution in [-0.2, 0) is 14.8 Å². The Morgan fingerprint density at radius 1 is 1.05 bits per heavy atom. The third-order valence-corrected chi connectivity index (χ3v) is 8.11. The molecule has 4 rings (SSSR count). The minimum atomic E-state index is -4.12. The molecule has 1 N–H and O–H groups in total. The zero-order chi connectivity index (χ0) is 28.9. The second-order valence-electron chi connectivity index (χ2n) is 8.82. The van der Waals surface area contributed by atoms with Gasteiger partial charge in [-0.2, -0.15) is 5.10 Å². The van der Waals surface area contributed by atoms with Gasteiger partial charge in [-0.3, -0.25) is 9.10 Å². The van der Waals surface area contributed by atoms with Crippen LogP contribution in [0.15, 0.2) is 88.9 Å². The predicted molar refractivity (Wildman–Crippen MR) is 155 cm³/mol. The van der Waals surface area contributed by atoms with Crippen molar-refractivity contribution >= 4 is 39.4 Å². The number of sulfonamides is 1. The van der Waals surface area contributed by atoms with E-state index in [4.69, 9.17) is 16.3 Å². The molecule has 0 radical (unpaired) electrons. The van der Waals surface area contributed by atoms with Crippen molar-refractivity contribution in [3.05, 3.63) is 107 Å². The Morgan fingerprint density at radius 2 is 1.70 bits per heavy atom. The molecule has 0 saturated heterocycles. The molecule has 3 aromatic carbocycles. The van der Waals surface area contributed by atoms with E-state index in [1.165, 1.54) is 42.6 Å². The van der Waals surface area contributed by atoms with E-state index in [1.54, 1.807) is 36.4 Å². The molecule has 1 aromatic heterocycles. The van der Waals surface area contributed by atoms with Crippen LogP contribution >= 0.6 is 11.6 Å². The van der Waals surface area contributed by atoms with Gasteiger partial charge in [0.1, 0.15) is 18.1 Å². The molecular weight excluding hydrogens is 555 g/mol. The molecule has 1 amide bonds. The molecule has 0 bridgehead atoms. The van der Waals surface area contributed by atoms with Crippen LogP contribution in [0.2, 0.25) is 5.02 Å². The summed E-state index contributed by atoms with van der Waals surface area (Å²) in [6.45, 7) is 5.56. The number of anilines is 1. The number of nitrogens with zero attached hydrogens (tertiary/aromatic N) is 3. The summed E-state index contributed by atoms with van der Waals surface area (Å²) in [6, 6.07) is 20.1. The molecule has 8 nitrogen and oxygen atoms in total. The highest BCUT2D eigenvalue weighted by atomic mass is 35.5. The van der Waals surface area contributed by atoms with Crippen molar-refractivity contribution in [1.29, 1.82) is 0 Å². The zero-order valence-corrected chi connectivity index (χ0v) is 23.7. The van der Waals surface area contributed by atoms with Crippen LogP contribution < -0.4 is 14.5 Å². The highest BCUT2D eigenvalue weighted by Gasteiger charge is 2.27. The molecule has 40 heavy (non-hydrogen) atoms. The normalized spacial score (nSPS) is 11.5. The molecule has 0 aliphatic carbocycles. The minimum absolute atomic E-state index is 0.0182. The number of carbonyl (C=O) groups is 1. The highest BCUT2D eigenvalue weighted by molar-refractivity contribution is 7.92. The van der Waals surface area contributed by atoms with Crippen LogP contribution in [0.5, 0.6) is 5.75 Å². The standard InChI is InChI=1S/C29H28ClFN4O4S/c1-4-39-27-13-11-25(12-14-27)34(40(37,38)28-15-5-23(30)6-16-28)19-29(36)33-32-18-22-17-20(2)35(21(22)3)26-9-7-24(31)8-10-26/h5-18H,4,19H2,1-3H3,(H,33,36)/b32-18-. The van der Waals surface area contributed by atoms with Crippen LogP contribution in [0.4, 0.5) is 10.1 Å². The predicted octanol–water partition coefficient (Wildman–Crippen LogP) is 5.63. The average molecular weight is 583 g/mol. The van der Waals surface area contributed by atoms with Crippen molar-refractivity contribution in [2.75, 3.05) is 17.5 Å². The summed E-state index contributed by atoms with van der Waals surface area (Å²) in [4.78, 5) is 12.9. The fourth-order valence-corrected chi connectivity index (χ4v) is 5.72. The summed E-state index contributed by atoms with van der Waals surface area (Å²) in [5, 5.41) is 4.45. The molecule has 0 aliphatic rings. The van der Waals surface area contributed by atoms with E-state index in [9.17, 15) is 17.6 Å². The lowest BCUT2D eigenvalue weighted by atomic mass is 10.2. The maximum atomic E-state index is 13.5. The number of amides is 1. The van der Waals surface area contributed by atoms with Crippen molar-refractivity contribution in [2.45, 2.75) is 25.7 Å². The van der Waals surface area contributed by atoms with Gasteiger partial charge >= 0.3 is 0 Å². The zero-order valence-electron chi connectivity index (χ0n) is 22.1. The first-order valence-electron chi connectivity index (χ1n) is 12.4. The maximum Gasteiger partial charge on any atom is 0.264 e. The Morgan fingerprint density at radius 3 is 2.33 bits per heavy atom. The Balaban J connectivity index is 1.55. The van der Waals surface area contributed by atoms with Gasteiger partial charge in [0.05, 0.1) is 23.4 Å². The third kappa shape index (κ3) is 6.52. The van der Waals surface area contributed by atoms with Crippen LogP contribution in [-0.4, -0.2) is 38.3 Å². The minimum Gasteiger partial charge on any atom is -0.494 e. The number of aromatic nitrogens is 1. The Bertz CT molecular complexity index is 1620. The number of rotatable bonds is 10. The van der Waals surface area contributed by atoms with Gasteiger partial charge in [0.25, 0.3) is 15.9 Å². The Kier molecular flexibility index (Phi) is 8.91. The summed E-state index contributed by atoms with van der Waals surface area (Å²) in [5.41, 5.74) is 5.95. The summed E-state index contributed by atoms with van der Waals surface area (Å²) < 4.78 is 48.8. The number of carbonyl (C=O) groups excluding carboxylic acids is 1. The van der Waals surface area contributed by atoms with E-state index >= 15 is 0 Å². The molecule has 0 atom stereocenters. The molecule has 4 aromatic rings. The fraction of sp³-hybridized carbons (Fsp3) is 0.172. The molecule has 11 heteroatoms. The summed E-state index contributed by atoms with van der Waals surface area (Å²) >= 11 is 5.94. The number of hydrogen-bond acceptors (Lipinski definition) is 5. The lowest BCUT2D eigenvalue weighted by Gasteiger charge is -2.24. The van der Waals surface area contributed by atoms with Gasteiger partial charge in [-0.1, -0.05) is 11.6 Å². The SMILES string of the molecule is CCOc1ccc(N(CC(=O)N/N=C\c2cc(C)n(-c3ccc(F)cc3)c2C)S(=O)(=O)c2ccc(Cl)cc2)cc1. The van der Waals surface area contributed by atoms with Crippen molar-refractivity contribution < 1.29 is 22.3 Å². The first-order valence-corrected chi connectivity index (χ1v) is 14.2. The topological polar surface area (TPSA) is 93.0 Å². The number of aryl methyl sites for hydroxylation is 1. The molecule has 0 unspecified atom stereocenters. The second-order valence-corrected chi connectivity index (χ2v) is 11.1. The Labute approximate surface area is 237 Å². The highest BCUT2D eigenvalue weighted by Crippen LogP contribution is 2.27. The van der Waals surface area contributed by atoms with Crippen LogP contribution in [0, 0.1) is 19.7 Å². The first-order chi connectivity index (χ1) is 19.1. The molecule has 1 heterocycles. The first kappa shape index (κ1) is 28.8. The van der Waals surface area contributed by atoms with E-state index in [0.717, 1.165) is 26.9 Å². The lowest BCUT2D eigenvalue weighted by Crippen LogP contribution is -2.39. The van der Waals surface area contributed by atoms with Gasteiger partial charge in [-0.25, -0.2) is 18.2 Å². The third-order valence-electron chi connectivity index (χ3n) is 6.07. The molecule has 208 valence electrons. The van der Waals surface area contributed by atoms with E-state index in [-0.39, 0.29) is 16.4 Å². The fourth-order valence-electron chi connectivity index (χ4n) is 4.17. The summed E-state index contributed by atoms with van der Waals surface area (Å²) in [6.07, 6.45) is 1.48. The van der Waals surface area contributed by atoms with Crippen LogP contribution in [0.3, 0.4) is 0 Å². The number of hydrazone groups is 1. The molecule has 0 spiro atoms.